The first-order valence-electron chi connectivity index (χ1n) is 16.2. The Bertz CT molecular complexity index is 3070. The van der Waals surface area contributed by atoms with Crippen molar-refractivity contribution in [2.75, 3.05) is 13.1 Å². The summed E-state index contributed by atoms with van der Waals surface area (Å²) in [7, 11) is 12.4. The second-order valence-corrected chi connectivity index (χ2v) is 11.9. The van der Waals surface area contributed by atoms with Gasteiger partial charge in [0.15, 0.2) is 33.6 Å². The van der Waals surface area contributed by atoms with Crippen LogP contribution < -0.4 is 56.5 Å². The summed E-state index contributed by atoms with van der Waals surface area (Å²) < 4.78 is 10.2. The fraction of sp³-hybridized carbons (Fsp3) is 0.333. The molecule has 0 aliphatic rings. The molecule has 8 rings (SSSR count). The van der Waals surface area contributed by atoms with Gasteiger partial charge in [0.05, 0.1) is 25.3 Å². The first-order chi connectivity index (χ1) is 26.4. The second kappa shape index (κ2) is 16.7. The number of hydrogen-bond donors (Lipinski definition) is 6. The molecule has 0 unspecified atom stereocenters. The first-order valence-corrected chi connectivity index (χ1v) is 16.2. The molecule has 8 heterocycles. The van der Waals surface area contributed by atoms with Crippen molar-refractivity contribution < 1.29 is 0 Å². The topological polar surface area (TPSA) is 343 Å². The zero-order valence-electron chi connectivity index (χ0n) is 31.5. The maximum atomic E-state index is 11.5. The van der Waals surface area contributed by atoms with E-state index in [-0.39, 0.29) is 28.1 Å². The molecule has 0 saturated heterocycles. The van der Waals surface area contributed by atoms with Crippen molar-refractivity contribution in [1.29, 1.82) is 0 Å². The van der Waals surface area contributed by atoms with Crippen LogP contribution in [0, 0.1) is 0 Å². The van der Waals surface area contributed by atoms with Crippen molar-refractivity contribution >= 4 is 44.7 Å². The number of aryl methyl sites for hydroxylation is 5. The number of aromatic amines is 4. The smallest absolute Gasteiger partial charge is 0.332 e. The fourth-order valence-electron chi connectivity index (χ4n) is 5.01. The van der Waals surface area contributed by atoms with Crippen LogP contribution in [0.15, 0.2) is 63.7 Å². The summed E-state index contributed by atoms with van der Waals surface area (Å²) >= 11 is 0. The average Bonchev–Trinajstić information content (AvgIpc) is 4.01. The highest BCUT2D eigenvalue weighted by Gasteiger charge is 2.11. The molecule has 0 radical (unpaired) electrons. The summed E-state index contributed by atoms with van der Waals surface area (Å²) in [6.07, 6.45) is 5.78. The number of rotatable bonds is 1. The Labute approximate surface area is 310 Å². The Kier molecular flexibility index (Phi) is 12.3. The minimum absolute atomic E-state index is 0.329. The van der Waals surface area contributed by atoms with E-state index in [0.29, 0.717) is 57.7 Å². The predicted octanol–water partition coefficient (Wildman–Crippen LogP) is -5.26. The van der Waals surface area contributed by atoms with Gasteiger partial charge in [0.25, 0.3) is 22.2 Å². The highest BCUT2D eigenvalue weighted by atomic mass is 16.2. The molecule has 8 N–H and O–H groups in total. The largest absolute Gasteiger partial charge is 0.339 e. The van der Waals surface area contributed by atoms with Gasteiger partial charge in [-0.3, -0.25) is 56.5 Å². The van der Waals surface area contributed by atoms with E-state index in [4.69, 9.17) is 11.5 Å². The van der Waals surface area contributed by atoms with Crippen LogP contribution in [0.4, 0.5) is 0 Å². The van der Waals surface area contributed by atoms with E-state index in [2.05, 4.69) is 39.9 Å². The van der Waals surface area contributed by atoms with Gasteiger partial charge in [0, 0.05) is 69.5 Å². The highest BCUT2D eigenvalue weighted by Crippen LogP contribution is 2.02. The molecule has 56 heavy (non-hydrogen) atoms. The standard InChI is InChI=1S/4C7H8N4O2.C2H8N2/c1-10-3-8-5-4(10)6(12)9-7(13)11(5)2;1-10-3-8-5-4(10)6(12)11(2)7(13)9-5;2*1-10-5-4(8-3-9-5)6(12)11(2)7(10)13;3-1-2-4/h3H,1-2H3,(H,9,12,13);3H,1-2H3,(H,9,13);2*3H,1-2H3,(H,8,9);1-4H2. The lowest BCUT2D eigenvalue weighted by Crippen LogP contribution is -2.36. The monoisotopic (exact) mass is 780 g/mol. The lowest BCUT2D eigenvalue weighted by molar-refractivity contribution is 0.709. The van der Waals surface area contributed by atoms with Gasteiger partial charge < -0.3 is 30.6 Å². The van der Waals surface area contributed by atoms with Gasteiger partial charge in [-0.2, -0.15) is 0 Å². The van der Waals surface area contributed by atoms with Crippen LogP contribution in [0.5, 0.6) is 0 Å². The van der Waals surface area contributed by atoms with Crippen LogP contribution in [0.25, 0.3) is 44.7 Å². The van der Waals surface area contributed by atoms with Gasteiger partial charge in [-0.1, -0.05) is 0 Å². The first kappa shape index (κ1) is 41.3. The van der Waals surface area contributed by atoms with Crippen molar-refractivity contribution in [3.05, 3.63) is 109 Å². The molecule has 0 aromatic carbocycles. The van der Waals surface area contributed by atoms with Crippen LogP contribution in [0.1, 0.15) is 0 Å². The lowest BCUT2D eigenvalue weighted by atomic mass is 10.5. The van der Waals surface area contributed by atoms with Crippen molar-refractivity contribution in [3.8, 4) is 0 Å². The fourth-order valence-corrected chi connectivity index (χ4v) is 5.01. The number of nitrogens with two attached hydrogens (primary N) is 2. The Hall–Kier alpha value is -7.48. The Morgan fingerprint density at radius 2 is 0.946 bits per heavy atom. The number of aromatic nitrogens is 16. The molecule has 0 spiro atoms. The molecular formula is C30H40N18O8. The maximum Gasteiger partial charge on any atom is 0.332 e. The average molecular weight is 781 g/mol. The molecule has 0 aliphatic heterocycles. The second-order valence-electron chi connectivity index (χ2n) is 11.9. The van der Waals surface area contributed by atoms with Crippen LogP contribution >= 0.6 is 0 Å². The summed E-state index contributed by atoms with van der Waals surface area (Å²) in [5.41, 5.74) is 9.73. The van der Waals surface area contributed by atoms with Crippen molar-refractivity contribution in [1.82, 2.24) is 76.4 Å². The summed E-state index contributed by atoms with van der Waals surface area (Å²) in [4.78, 5) is 116. The minimum atomic E-state index is -0.448. The SMILES string of the molecule is Cn1c(=O)[nH]c2ncn(C)c2c1=O.Cn1c(=O)c2[nH]cnc2n(C)c1=O.Cn1c(=O)c2[nH]cnc2n(C)c1=O.Cn1cnc2c1c(=O)[nH]c(=O)n2C.NCCN. The van der Waals surface area contributed by atoms with Crippen molar-refractivity contribution in [3.63, 3.8) is 0 Å². The van der Waals surface area contributed by atoms with Crippen LogP contribution in [-0.2, 0) is 56.4 Å². The van der Waals surface area contributed by atoms with E-state index in [1.807, 2.05) is 0 Å². The van der Waals surface area contributed by atoms with Crippen molar-refractivity contribution in [2.24, 2.45) is 67.8 Å². The van der Waals surface area contributed by atoms with Crippen molar-refractivity contribution in [2.45, 2.75) is 0 Å². The summed E-state index contributed by atoms with van der Waals surface area (Å²) in [5, 5.41) is 0. The van der Waals surface area contributed by atoms with E-state index in [1.165, 1.54) is 60.2 Å². The van der Waals surface area contributed by atoms with Crippen LogP contribution in [0.2, 0.25) is 0 Å². The number of nitrogens with zero attached hydrogens (tertiary/aromatic N) is 12. The van der Waals surface area contributed by atoms with E-state index in [9.17, 15) is 38.4 Å². The third-order valence-corrected chi connectivity index (χ3v) is 8.18. The third-order valence-electron chi connectivity index (χ3n) is 8.18. The molecule has 0 bridgehead atoms. The quantitative estimate of drug-likeness (QED) is 0.0907. The van der Waals surface area contributed by atoms with Gasteiger partial charge in [-0.15, -0.1) is 0 Å². The van der Waals surface area contributed by atoms with Crippen LogP contribution in [0.3, 0.4) is 0 Å². The van der Waals surface area contributed by atoms with Gasteiger partial charge in [-0.05, 0) is 0 Å². The van der Waals surface area contributed by atoms with Crippen LogP contribution in [-0.4, -0.2) is 89.5 Å². The van der Waals surface area contributed by atoms with E-state index < -0.39 is 16.9 Å². The zero-order valence-corrected chi connectivity index (χ0v) is 31.5. The van der Waals surface area contributed by atoms with Gasteiger partial charge in [0.1, 0.15) is 11.0 Å². The van der Waals surface area contributed by atoms with E-state index in [1.54, 1.807) is 44.4 Å². The normalized spacial score (nSPS) is 10.7. The maximum absolute atomic E-state index is 11.5. The predicted molar refractivity (Wildman–Crippen MR) is 204 cm³/mol. The molecule has 0 fully saturated rings. The van der Waals surface area contributed by atoms with E-state index in [0.717, 1.165) is 13.7 Å². The molecule has 0 aliphatic carbocycles. The summed E-state index contributed by atoms with van der Waals surface area (Å²) in [6, 6.07) is 0. The Morgan fingerprint density at radius 1 is 0.500 bits per heavy atom. The number of hydrogen-bond acceptors (Lipinski definition) is 14. The van der Waals surface area contributed by atoms with Gasteiger partial charge in [-0.25, -0.2) is 39.1 Å². The summed E-state index contributed by atoms with van der Waals surface area (Å²) in [6.45, 7) is 1.19. The highest BCUT2D eigenvalue weighted by molar-refractivity contribution is 5.70. The molecule has 26 heteroatoms. The number of fused-ring (bicyclic) bond motifs is 4. The minimum Gasteiger partial charge on any atom is -0.339 e. The molecule has 8 aromatic rings. The van der Waals surface area contributed by atoms with E-state index >= 15 is 0 Å². The molecule has 26 nitrogen and oxygen atoms in total. The van der Waals surface area contributed by atoms with Gasteiger partial charge >= 0.3 is 22.8 Å². The number of H-pyrrole nitrogens is 4. The lowest BCUT2D eigenvalue weighted by Gasteiger charge is -2.00. The molecule has 0 amide bonds. The van der Waals surface area contributed by atoms with Gasteiger partial charge in [0.2, 0.25) is 0 Å². The molecule has 298 valence electrons. The Morgan fingerprint density at radius 3 is 1.43 bits per heavy atom. The molecule has 0 saturated carbocycles. The third kappa shape index (κ3) is 7.75. The Balaban J connectivity index is 0.000000160. The molecule has 0 atom stereocenters. The molecule has 8 aromatic heterocycles. The summed E-state index contributed by atoms with van der Waals surface area (Å²) in [5.74, 6) is 0. The zero-order chi connectivity index (χ0) is 41.8. The number of imidazole rings is 4. The number of nitrogens with one attached hydrogen (secondary N) is 4. The molecular weight excluding hydrogens is 740 g/mol.